The quantitative estimate of drug-likeness (QED) is 0.456. The van der Waals surface area contributed by atoms with Crippen molar-refractivity contribution in [2.75, 3.05) is 23.3 Å². The fraction of sp³-hybridized carbons (Fsp3) is 0.421. The van der Waals surface area contributed by atoms with Crippen LogP contribution in [0, 0.1) is 11.8 Å². The first-order valence-electron chi connectivity index (χ1n) is 9.59. The van der Waals surface area contributed by atoms with Crippen LogP contribution in [0.5, 0.6) is 0 Å². The van der Waals surface area contributed by atoms with Gasteiger partial charge in [-0.1, -0.05) is 29.5 Å². The lowest BCUT2D eigenvalue weighted by Gasteiger charge is -2.37. The van der Waals surface area contributed by atoms with Crippen LogP contribution in [0.25, 0.3) is 10.6 Å². The first-order chi connectivity index (χ1) is 14.3. The smallest absolute Gasteiger partial charge is 0.264 e. The molecule has 2 fully saturated rings. The van der Waals surface area contributed by atoms with Crippen molar-refractivity contribution in [2.24, 2.45) is 17.6 Å². The molecule has 1 saturated heterocycles. The van der Waals surface area contributed by atoms with Gasteiger partial charge in [-0.05, 0) is 30.7 Å². The molecule has 9 nitrogen and oxygen atoms in total. The van der Waals surface area contributed by atoms with E-state index in [9.17, 15) is 9.59 Å². The minimum absolute atomic E-state index is 0.0244. The number of carbonyl (C=O) groups is 2. The third kappa shape index (κ3) is 4.10. The maximum atomic E-state index is 11.5. The number of primary amides is 1. The highest BCUT2D eigenvalue weighted by Crippen LogP contribution is 2.41. The van der Waals surface area contributed by atoms with Crippen molar-refractivity contribution in [1.82, 2.24) is 20.5 Å². The van der Waals surface area contributed by atoms with Gasteiger partial charge in [0.25, 0.3) is 5.91 Å². The van der Waals surface area contributed by atoms with Crippen molar-refractivity contribution in [1.29, 1.82) is 0 Å². The molecule has 158 valence electrons. The highest BCUT2D eigenvalue weighted by atomic mass is 35.5. The van der Waals surface area contributed by atoms with Crippen LogP contribution in [0.4, 0.5) is 10.8 Å². The zero-order valence-electron chi connectivity index (χ0n) is 16.4. The van der Waals surface area contributed by atoms with Crippen LogP contribution in [-0.4, -0.2) is 46.1 Å². The maximum Gasteiger partial charge on any atom is 0.264 e. The van der Waals surface area contributed by atoms with Gasteiger partial charge in [0.1, 0.15) is 5.15 Å². The monoisotopic (exact) mass is 447 g/mol. The molecule has 1 aliphatic carbocycles. The van der Waals surface area contributed by atoms with E-state index in [1.165, 1.54) is 11.3 Å². The van der Waals surface area contributed by atoms with E-state index in [0.29, 0.717) is 28.1 Å². The Morgan fingerprint density at radius 1 is 1.30 bits per heavy atom. The number of nitrogens with two attached hydrogens (primary N) is 1. The zero-order chi connectivity index (χ0) is 21.4. The predicted molar refractivity (Wildman–Crippen MR) is 116 cm³/mol. The summed E-state index contributed by atoms with van der Waals surface area (Å²) in [4.78, 5) is 29.2. The van der Waals surface area contributed by atoms with Gasteiger partial charge in [0.2, 0.25) is 11.0 Å². The second-order valence-electron chi connectivity index (χ2n) is 7.64. The van der Waals surface area contributed by atoms with E-state index in [4.69, 9.17) is 17.3 Å². The van der Waals surface area contributed by atoms with Gasteiger partial charge in [0, 0.05) is 32.3 Å². The van der Waals surface area contributed by atoms with Crippen LogP contribution in [-0.2, 0) is 9.59 Å². The molecule has 4 rings (SSSR count). The molecule has 4 N–H and O–H groups in total. The number of pyridine rings is 1. The van der Waals surface area contributed by atoms with Crippen LogP contribution in [0.2, 0.25) is 5.15 Å². The van der Waals surface area contributed by atoms with E-state index in [1.54, 1.807) is 19.2 Å². The molecule has 1 aliphatic heterocycles. The summed E-state index contributed by atoms with van der Waals surface area (Å²) in [6, 6.07) is 1.83. The number of hydrogen-bond acceptors (Lipinski definition) is 8. The number of piperidine rings is 1. The molecule has 1 unspecified atom stereocenters. The number of carbonyl (C=O) groups excluding carboxylic acids is 2. The summed E-state index contributed by atoms with van der Waals surface area (Å²) in [5.41, 5.74) is 6.51. The molecule has 2 bridgehead atoms. The van der Waals surface area contributed by atoms with E-state index < -0.39 is 5.91 Å². The summed E-state index contributed by atoms with van der Waals surface area (Å²) in [7, 11) is 0. The van der Waals surface area contributed by atoms with E-state index in [-0.39, 0.29) is 22.8 Å². The van der Waals surface area contributed by atoms with Gasteiger partial charge in [0.05, 0.1) is 16.9 Å². The fourth-order valence-electron chi connectivity index (χ4n) is 4.23. The average molecular weight is 448 g/mol. The Morgan fingerprint density at radius 2 is 2.00 bits per heavy atom. The summed E-state index contributed by atoms with van der Waals surface area (Å²) < 4.78 is 0. The standard InChI is InChI=1S/C19H22ClN7O2S/c1-9(17(21)29)23-14-5-15(20)22-6-13(14)18-25-26-19(30-18)27-7-11-3-4-12(8-27)16(11)24-10(2)28/h5-6,11-12,16H,1,3-4,7-8H2,2H3,(H2,21,29)(H,22,23)(H,24,28)/t11-,12+,16?. The lowest BCUT2D eigenvalue weighted by molar-refractivity contribution is -0.120. The molecule has 2 amide bonds. The number of amides is 2. The third-order valence-corrected chi connectivity index (χ3v) is 6.80. The van der Waals surface area contributed by atoms with Crippen LogP contribution in [0.3, 0.4) is 0 Å². The maximum absolute atomic E-state index is 11.5. The highest BCUT2D eigenvalue weighted by Gasteiger charge is 2.43. The molecule has 11 heteroatoms. The van der Waals surface area contributed by atoms with Gasteiger partial charge in [-0.25, -0.2) is 4.98 Å². The van der Waals surface area contributed by atoms with Crippen LogP contribution in [0.15, 0.2) is 24.5 Å². The third-order valence-electron chi connectivity index (χ3n) is 5.57. The van der Waals surface area contributed by atoms with E-state index in [1.807, 2.05) is 0 Å². The van der Waals surface area contributed by atoms with Gasteiger partial charge in [-0.15, -0.1) is 10.2 Å². The number of fused-ring (bicyclic) bond motifs is 2. The second kappa shape index (κ2) is 8.19. The summed E-state index contributed by atoms with van der Waals surface area (Å²) in [6.45, 7) is 6.86. The number of rotatable bonds is 6. The topological polar surface area (TPSA) is 126 Å². The van der Waals surface area contributed by atoms with Gasteiger partial charge in [-0.2, -0.15) is 0 Å². The molecule has 2 aromatic heterocycles. The summed E-state index contributed by atoms with van der Waals surface area (Å²) in [6.07, 6.45) is 3.78. The Balaban J connectivity index is 1.55. The number of halogens is 1. The Hall–Kier alpha value is -2.72. The molecule has 0 aromatic carbocycles. The largest absolute Gasteiger partial charge is 0.364 e. The summed E-state index contributed by atoms with van der Waals surface area (Å²) >= 11 is 7.46. The Morgan fingerprint density at radius 3 is 2.63 bits per heavy atom. The summed E-state index contributed by atoms with van der Waals surface area (Å²) in [5.74, 6) is 0.183. The minimum Gasteiger partial charge on any atom is -0.364 e. The number of nitrogens with one attached hydrogen (secondary N) is 2. The number of hydrogen-bond donors (Lipinski definition) is 3. The van der Waals surface area contributed by atoms with Crippen molar-refractivity contribution in [2.45, 2.75) is 25.8 Å². The van der Waals surface area contributed by atoms with Gasteiger partial charge in [-0.3, -0.25) is 9.59 Å². The molecular formula is C19H22ClN7O2S. The minimum atomic E-state index is -0.663. The summed E-state index contributed by atoms with van der Waals surface area (Å²) in [5, 5.41) is 16.4. The van der Waals surface area contributed by atoms with Crippen molar-refractivity contribution in [3.63, 3.8) is 0 Å². The molecule has 3 atom stereocenters. The Labute approximate surface area is 182 Å². The average Bonchev–Trinajstić information content (AvgIpc) is 3.23. The fourth-order valence-corrected chi connectivity index (χ4v) is 5.27. The predicted octanol–water partition coefficient (Wildman–Crippen LogP) is 2.02. The van der Waals surface area contributed by atoms with Crippen molar-refractivity contribution < 1.29 is 9.59 Å². The van der Waals surface area contributed by atoms with Crippen LogP contribution in [0.1, 0.15) is 19.8 Å². The van der Waals surface area contributed by atoms with Crippen molar-refractivity contribution in [3.8, 4) is 10.6 Å². The first kappa shape index (κ1) is 20.5. The normalized spacial score (nSPS) is 22.6. The van der Waals surface area contributed by atoms with E-state index >= 15 is 0 Å². The zero-order valence-corrected chi connectivity index (χ0v) is 18.0. The van der Waals surface area contributed by atoms with Crippen LogP contribution < -0.4 is 21.3 Å². The molecule has 2 aromatic rings. The lowest BCUT2D eigenvalue weighted by atomic mass is 9.92. The van der Waals surface area contributed by atoms with Gasteiger partial charge >= 0.3 is 0 Å². The van der Waals surface area contributed by atoms with Gasteiger partial charge in [0.15, 0.2) is 5.01 Å². The van der Waals surface area contributed by atoms with Crippen LogP contribution >= 0.6 is 22.9 Å². The molecule has 0 radical (unpaired) electrons. The number of anilines is 2. The number of nitrogens with zero attached hydrogens (tertiary/aromatic N) is 4. The van der Waals surface area contributed by atoms with Crippen molar-refractivity contribution in [3.05, 3.63) is 29.7 Å². The molecule has 30 heavy (non-hydrogen) atoms. The van der Waals surface area contributed by atoms with E-state index in [0.717, 1.165) is 31.1 Å². The highest BCUT2D eigenvalue weighted by molar-refractivity contribution is 7.18. The van der Waals surface area contributed by atoms with Gasteiger partial charge < -0.3 is 21.3 Å². The SMILES string of the molecule is C=C(Nc1cc(Cl)ncc1-c1nnc(N2C[C@H]3CC[C@@H](C2)C3NC(C)=O)s1)C(N)=O. The molecule has 1 saturated carbocycles. The molecular weight excluding hydrogens is 426 g/mol. The lowest BCUT2D eigenvalue weighted by Crippen LogP contribution is -2.52. The van der Waals surface area contributed by atoms with Crippen molar-refractivity contribution >= 4 is 45.6 Å². The molecule has 0 spiro atoms. The number of aromatic nitrogens is 3. The Bertz CT molecular complexity index is 997. The molecule has 3 heterocycles. The van der Waals surface area contributed by atoms with E-state index in [2.05, 4.69) is 37.3 Å². The first-order valence-corrected chi connectivity index (χ1v) is 10.8. The Kier molecular flexibility index (Phi) is 5.61. The molecule has 2 aliphatic rings. The second-order valence-corrected chi connectivity index (χ2v) is 8.98.